The van der Waals surface area contributed by atoms with Crippen molar-refractivity contribution in [2.24, 2.45) is 0 Å². The molecule has 1 saturated heterocycles. The van der Waals surface area contributed by atoms with E-state index in [1.807, 2.05) is 71.9 Å². The second kappa shape index (κ2) is 12.9. The van der Waals surface area contributed by atoms with Crippen molar-refractivity contribution in [3.8, 4) is 0 Å². The number of hydrogen-bond acceptors (Lipinski definition) is 7. The number of aromatic nitrogens is 3. The van der Waals surface area contributed by atoms with Gasteiger partial charge in [-0.05, 0) is 36.4 Å². The van der Waals surface area contributed by atoms with E-state index in [9.17, 15) is 4.79 Å². The number of carbonyl (C=O) groups is 1. The van der Waals surface area contributed by atoms with Gasteiger partial charge >= 0.3 is 0 Å². The van der Waals surface area contributed by atoms with E-state index < -0.39 is 0 Å². The Morgan fingerprint density at radius 1 is 0.735 bits per heavy atom. The Morgan fingerprint density at radius 3 is 1.68 bits per heavy atom. The van der Waals surface area contributed by atoms with Gasteiger partial charge in [0, 0.05) is 64.4 Å². The molecule has 0 aromatic carbocycles. The fourth-order valence-electron chi connectivity index (χ4n) is 3.98. The average molecular weight is 461 g/mol. The summed E-state index contributed by atoms with van der Waals surface area (Å²) < 4.78 is 5.41. The Bertz CT molecular complexity index is 942. The Hall–Kier alpha value is -3.20. The SMILES string of the molecule is O=C(CN(CCN(Cc1ccccn1)Cc1ccccn1)Cc1ccccn1)N1CCOCC1. The molecule has 4 heterocycles. The third kappa shape index (κ3) is 7.69. The first kappa shape index (κ1) is 23.9. The molecule has 0 aliphatic carbocycles. The van der Waals surface area contributed by atoms with Crippen molar-refractivity contribution < 1.29 is 9.53 Å². The van der Waals surface area contributed by atoms with Gasteiger partial charge in [0.25, 0.3) is 0 Å². The number of pyridine rings is 3. The highest BCUT2D eigenvalue weighted by atomic mass is 16.5. The maximum Gasteiger partial charge on any atom is 0.236 e. The number of rotatable bonds is 11. The van der Waals surface area contributed by atoms with Crippen LogP contribution in [-0.2, 0) is 29.2 Å². The van der Waals surface area contributed by atoms with Crippen molar-refractivity contribution in [3.63, 3.8) is 0 Å². The topological polar surface area (TPSA) is 74.7 Å². The Labute approximate surface area is 201 Å². The van der Waals surface area contributed by atoms with Crippen LogP contribution in [-0.4, -0.2) is 81.5 Å². The van der Waals surface area contributed by atoms with E-state index in [1.165, 1.54) is 0 Å². The molecule has 0 atom stereocenters. The van der Waals surface area contributed by atoms with Gasteiger partial charge in [-0.3, -0.25) is 29.5 Å². The summed E-state index contributed by atoms with van der Waals surface area (Å²) in [6, 6.07) is 17.9. The zero-order valence-electron chi connectivity index (χ0n) is 19.5. The van der Waals surface area contributed by atoms with Crippen LogP contribution in [0.2, 0.25) is 0 Å². The van der Waals surface area contributed by atoms with E-state index in [-0.39, 0.29) is 5.91 Å². The number of nitrogens with zero attached hydrogens (tertiary/aromatic N) is 6. The second-order valence-electron chi connectivity index (χ2n) is 8.38. The van der Waals surface area contributed by atoms with Crippen LogP contribution in [0.25, 0.3) is 0 Å². The van der Waals surface area contributed by atoms with Gasteiger partial charge in [0.15, 0.2) is 0 Å². The van der Waals surface area contributed by atoms with Gasteiger partial charge in [-0.1, -0.05) is 18.2 Å². The van der Waals surface area contributed by atoms with Crippen molar-refractivity contribution in [3.05, 3.63) is 90.3 Å². The number of amides is 1. The summed E-state index contributed by atoms with van der Waals surface area (Å²) in [5.74, 6) is 0.139. The lowest BCUT2D eigenvalue weighted by Crippen LogP contribution is -2.46. The molecule has 1 aliphatic rings. The first-order valence-corrected chi connectivity index (χ1v) is 11.8. The lowest BCUT2D eigenvalue weighted by Gasteiger charge is -2.31. The van der Waals surface area contributed by atoms with E-state index in [4.69, 9.17) is 4.74 Å². The van der Waals surface area contributed by atoms with Crippen LogP contribution in [0.3, 0.4) is 0 Å². The van der Waals surface area contributed by atoms with Gasteiger partial charge in [-0.15, -0.1) is 0 Å². The molecule has 0 radical (unpaired) electrons. The monoisotopic (exact) mass is 460 g/mol. The maximum atomic E-state index is 13.0. The number of ether oxygens (including phenoxy) is 1. The minimum atomic E-state index is 0.139. The van der Waals surface area contributed by atoms with Crippen LogP contribution in [0.15, 0.2) is 73.2 Å². The smallest absolute Gasteiger partial charge is 0.236 e. The lowest BCUT2D eigenvalue weighted by molar-refractivity contribution is -0.136. The van der Waals surface area contributed by atoms with Gasteiger partial charge in [-0.2, -0.15) is 0 Å². The minimum absolute atomic E-state index is 0.139. The highest BCUT2D eigenvalue weighted by molar-refractivity contribution is 5.78. The van der Waals surface area contributed by atoms with Crippen LogP contribution in [0, 0.1) is 0 Å². The van der Waals surface area contributed by atoms with Crippen LogP contribution in [0.1, 0.15) is 17.1 Å². The molecule has 8 heteroatoms. The summed E-state index contributed by atoms with van der Waals surface area (Å²) in [4.78, 5) is 32.9. The van der Waals surface area contributed by atoms with Crippen LogP contribution in [0.5, 0.6) is 0 Å². The first-order chi connectivity index (χ1) is 16.8. The third-order valence-corrected chi connectivity index (χ3v) is 5.79. The largest absolute Gasteiger partial charge is 0.378 e. The molecule has 1 fully saturated rings. The summed E-state index contributed by atoms with van der Waals surface area (Å²) >= 11 is 0. The summed E-state index contributed by atoms with van der Waals surface area (Å²) in [5.41, 5.74) is 2.98. The molecule has 1 aliphatic heterocycles. The molecule has 0 saturated carbocycles. The van der Waals surface area contributed by atoms with Crippen LogP contribution in [0.4, 0.5) is 0 Å². The van der Waals surface area contributed by atoms with E-state index in [0.29, 0.717) is 52.5 Å². The van der Waals surface area contributed by atoms with Crippen molar-refractivity contribution in [2.45, 2.75) is 19.6 Å². The van der Waals surface area contributed by atoms with Crippen LogP contribution >= 0.6 is 0 Å². The Morgan fingerprint density at radius 2 is 1.21 bits per heavy atom. The van der Waals surface area contributed by atoms with E-state index in [2.05, 4.69) is 24.8 Å². The van der Waals surface area contributed by atoms with Gasteiger partial charge in [0.05, 0.1) is 36.8 Å². The quantitative estimate of drug-likeness (QED) is 0.434. The zero-order chi connectivity index (χ0) is 23.4. The summed E-state index contributed by atoms with van der Waals surface area (Å²) in [7, 11) is 0. The lowest BCUT2D eigenvalue weighted by atomic mass is 10.2. The molecule has 0 bridgehead atoms. The molecule has 3 aromatic rings. The molecule has 3 aromatic heterocycles. The van der Waals surface area contributed by atoms with Crippen molar-refractivity contribution in [1.82, 2.24) is 29.7 Å². The minimum Gasteiger partial charge on any atom is -0.378 e. The highest BCUT2D eigenvalue weighted by Gasteiger charge is 2.21. The molecule has 0 N–H and O–H groups in total. The molecular weight excluding hydrogens is 428 g/mol. The third-order valence-electron chi connectivity index (χ3n) is 5.79. The molecule has 8 nitrogen and oxygen atoms in total. The first-order valence-electron chi connectivity index (χ1n) is 11.8. The summed E-state index contributed by atoms with van der Waals surface area (Å²) in [6.07, 6.45) is 5.44. The van der Waals surface area contributed by atoms with E-state index in [1.54, 1.807) is 6.20 Å². The van der Waals surface area contributed by atoms with E-state index in [0.717, 1.165) is 30.2 Å². The van der Waals surface area contributed by atoms with Gasteiger partial charge in [-0.25, -0.2) is 0 Å². The highest BCUT2D eigenvalue weighted by Crippen LogP contribution is 2.09. The van der Waals surface area contributed by atoms with Crippen LogP contribution < -0.4 is 0 Å². The molecule has 0 spiro atoms. The number of morpholine rings is 1. The predicted octanol–water partition coefficient (Wildman–Crippen LogP) is 2.23. The molecule has 0 unspecified atom stereocenters. The van der Waals surface area contributed by atoms with Gasteiger partial charge in [0.1, 0.15) is 0 Å². The molecule has 4 rings (SSSR count). The summed E-state index contributed by atoms with van der Waals surface area (Å²) in [6.45, 7) is 6.43. The maximum absolute atomic E-state index is 13.0. The average Bonchev–Trinajstić information content (AvgIpc) is 2.89. The van der Waals surface area contributed by atoms with Crippen molar-refractivity contribution in [2.75, 3.05) is 45.9 Å². The number of hydrogen-bond donors (Lipinski definition) is 0. The molecule has 34 heavy (non-hydrogen) atoms. The normalized spacial score (nSPS) is 14.0. The fourth-order valence-corrected chi connectivity index (χ4v) is 3.98. The molecule has 1 amide bonds. The molecular formula is C26H32N6O2. The summed E-state index contributed by atoms with van der Waals surface area (Å²) in [5, 5.41) is 0. The number of carbonyl (C=O) groups excluding carboxylic acids is 1. The van der Waals surface area contributed by atoms with E-state index >= 15 is 0 Å². The Balaban J connectivity index is 1.44. The van der Waals surface area contributed by atoms with Gasteiger partial charge < -0.3 is 9.64 Å². The standard InChI is InChI=1S/C26H32N6O2/c33-26(32-15-17-34-18-16-32)22-31(21-25-9-3-6-12-29-25)14-13-30(19-23-7-1-4-10-27-23)20-24-8-2-5-11-28-24/h1-12H,13-22H2. The van der Waals surface area contributed by atoms with Gasteiger partial charge in [0.2, 0.25) is 5.91 Å². The van der Waals surface area contributed by atoms with Crippen molar-refractivity contribution >= 4 is 5.91 Å². The Kier molecular flexibility index (Phi) is 9.07. The predicted molar refractivity (Wildman–Crippen MR) is 130 cm³/mol. The van der Waals surface area contributed by atoms with Crippen molar-refractivity contribution in [1.29, 1.82) is 0 Å². The molecule has 178 valence electrons. The zero-order valence-corrected chi connectivity index (χ0v) is 19.5. The fraction of sp³-hybridized carbons (Fsp3) is 0.385. The second-order valence-corrected chi connectivity index (χ2v) is 8.38.